The third-order valence-electron chi connectivity index (χ3n) is 11.7. The van der Waals surface area contributed by atoms with Crippen LogP contribution >= 0.6 is 0 Å². The maximum atomic E-state index is 12.4. The minimum absolute atomic E-state index is 0.0191. The van der Waals surface area contributed by atoms with Crippen LogP contribution in [0.25, 0.3) is 0 Å². The number of ether oxygens (including phenoxy) is 1. The van der Waals surface area contributed by atoms with Gasteiger partial charge in [0, 0.05) is 12.8 Å². The van der Waals surface area contributed by atoms with Crippen LogP contribution in [0, 0.1) is 0 Å². The molecule has 0 heterocycles. The van der Waals surface area contributed by atoms with Crippen LogP contribution in [0.15, 0.2) is 24.3 Å². The molecule has 0 rings (SSSR count). The van der Waals surface area contributed by atoms with Crippen LogP contribution in [0.4, 0.5) is 0 Å². The molecule has 58 heavy (non-hydrogen) atoms. The van der Waals surface area contributed by atoms with Crippen molar-refractivity contribution >= 4 is 11.9 Å². The number of allylic oxidation sites excluding steroid dienone is 3. The molecule has 0 saturated carbocycles. The van der Waals surface area contributed by atoms with Crippen molar-refractivity contribution < 1.29 is 24.5 Å². The van der Waals surface area contributed by atoms with Gasteiger partial charge in [0.25, 0.3) is 0 Å². The molecule has 0 spiro atoms. The molecule has 0 aliphatic rings. The standard InChI is InChI=1S/C52H99NO5/c1-3-5-7-9-11-13-15-17-18-19-20-22-26-30-34-38-42-46-52(57)58-47-43-39-35-31-27-23-25-29-33-37-41-45-51(56)53-49(48-54)50(55)44-40-36-32-28-24-21-16-14-12-10-8-6-4-2/h17-18,40,44,49-50,54-55H,3-16,19-39,41-43,45-48H2,1-2H3,(H,53,56)/b18-17-,44-40+. The van der Waals surface area contributed by atoms with Crippen LogP contribution in [0.5, 0.6) is 0 Å². The lowest BCUT2D eigenvalue weighted by atomic mass is 10.0. The lowest BCUT2D eigenvalue weighted by Crippen LogP contribution is -2.45. The number of carbonyl (C=O) groups is 2. The molecule has 0 aromatic heterocycles. The van der Waals surface area contributed by atoms with Gasteiger partial charge in [-0.3, -0.25) is 9.59 Å². The average molecular weight is 818 g/mol. The second-order valence-electron chi connectivity index (χ2n) is 17.5. The number of aliphatic hydroxyl groups excluding tert-OH is 2. The molecule has 0 aromatic carbocycles. The van der Waals surface area contributed by atoms with Crippen molar-refractivity contribution in [3.05, 3.63) is 24.3 Å². The molecule has 0 aromatic rings. The van der Waals surface area contributed by atoms with Gasteiger partial charge in [0.1, 0.15) is 0 Å². The molecule has 0 aliphatic carbocycles. The van der Waals surface area contributed by atoms with Crippen molar-refractivity contribution in [2.24, 2.45) is 0 Å². The number of amides is 1. The van der Waals surface area contributed by atoms with E-state index in [9.17, 15) is 19.8 Å². The summed E-state index contributed by atoms with van der Waals surface area (Å²) in [5.74, 6) is -0.106. The van der Waals surface area contributed by atoms with E-state index >= 15 is 0 Å². The molecular weight excluding hydrogens is 719 g/mol. The van der Waals surface area contributed by atoms with Crippen molar-refractivity contribution in [1.29, 1.82) is 0 Å². The second-order valence-corrected chi connectivity index (χ2v) is 17.5. The molecule has 6 nitrogen and oxygen atoms in total. The number of nitrogens with one attached hydrogen (secondary N) is 1. The summed E-state index contributed by atoms with van der Waals surface area (Å²) >= 11 is 0. The Balaban J connectivity index is 3.49. The first-order valence-electron chi connectivity index (χ1n) is 25.6. The summed E-state index contributed by atoms with van der Waals surface area (Å²) in [5.41, 5.74) is 0. The number of hydrogen-bond acceptors (Lipinski definition) is 5. The number of aliphatic hydroxyl groups is 2. The first kappa shape index (κ1) is 56.3. The Kier molecular flexibility index (Phi) is 46.6. The number of rotatable bonds is 47. The molecule has 0 aliphatic heterocycles. The third kappa shape index (κ3) is 43.9. The molecule has 6 heteroatoms. The molecule has 1 amide bonds. The maximum absolute atomic E-state index is 12.4. The Morgan fingerprint density at radius 1 is 0.466 bits per heavy atom. The fourth-order valence-electron chi connectivity index (χ4n) is 7.74. The largest absolute Gasteiger partial charge is 0.466 e. The average Bonchev–Trinajstić information content (AvgIpc) is 3.22. The number of esters is 1. The van der Waals surface area contributed by atoms with Crippen LogP contribution in [0.2, 0.25) is 0 Å². The van der Waals surface area contributed by atoms with Gasteiger partial charge in [0.05, 0.1) is 25.4 Å². The minimum atomic E-state index is -0.855. The summed E-state index contributed by atoms with van der Waals surface area (Å²) in [4.78, 5) is 24.5. The van der Waals surface area contributed by atoms with E-state index in [0.29, 0.717) is 19.4 Å². The first-order valence-corrected chi connectivity index (χ1v) is 25.6. The third-order valence-corrected chi connectivity index (χ3v) is 11.7. The van der Waals surface area contributed by atoms with Crippen molar-refractivity contribution in [2.75, 3.05) is 13.2 Å². The van der Waals surface area contributed by atoms with Gasteiger partial charge in [-0.2, -0.15) is 0 Å². The lowest BCUT2D eigenvalue weighted by Gasteiger charge is -2.20. The lowest BCUT2D eigenvalue weighted by molar-refractivity contribution is -0.143. The van der Waals surface area contributed by atoms with E-state index in [1.807, 2.05) is 6.08 Å². The number of hydrogen-bond donors (Lipinski definition) is 3. The van der Waals surface area contributed by atoms with Crippen LogP contribution in [0.1, 0.15) is 271 Å². The normalized spacial score (nSPS) is 12.8. The molecule has 0 bridgehead atoms. The van der Waals surface area contributed by atoms with Gasteiger partial charge in [-0.15, -0.1) is 0 Å². The van der Waals surface area contributed by atoms with Crippen LogP contribution in [-0.4, -0.2) is 47.4 Å². The van der Waals surface area contributed by atoms with E-state index in [1.54, 1.807) is 6.08 Å². The Hall–Kier alpha value is -1.66. The van der Waals surface area contributed by atoms with Crippen LogP contribution in [0.3, 0.4) is 0 Å². The second kappa shape index (κ2) is 48.0. The van der Waals surface area contributed by atoms with Crippen molar-refractivity contribution in [1.82, 2.24) is 5.32 Å². The Bertz CT molecular complexity index is 904. The highest BCUT2D eigenvalue weighted by Crippen LogP contribution is 2.15. The first-order chi connectivity index (χ1) is 28.5. The quantitative estimate of drug-likeness (QED) is 0.0323. The van der Waals surface area contributed by atoms with Gasteiger partial charge >= 0.3 is 5.97 Å². The van der Waals surface area contributed by atoms with E-state index < -0.39 is 12.1 Å². The van der Waals surface area contributed by atoms with E-state index in [1.165, 1.54) is 186 Å². The zero-order valence-corrected chi connectivity index (χ0v) is 38.8. The molecule has 0 fully saturated rings. The highest BCUT2D eigenvalue weighted by atomic mass is 16.5. The van der Waals surface area contributed by atoms with Crippen molar-refractivity contribution in [3.63, 3.8) is 0 Å². The van der Waals surface area contributed by atoms with Gasteiger partial charge in [0.15, 0.2) is 0 Å². The Morgan fingerprint density at radius 3 is 1.22 bits per heavy atom. The Labute approximate surface area is 361 Å². The molecule has 0 saturated heterocycles. The van der Waals surface area contributed by atoms with E-state index in [4.69, 9.17) is 4.74 Å². The predicted molar refractivity (Wildman–Crippen MR) is 250 cm³/mol. The summed E-state index contributed by atoms with van der Waals surface area (Å²) < 4.78 is 5.46. The van der Waals surface area contributed by atoms with E-state index in [0.717, 1.165) is 57.8 Å². The predicted octanol–water partition coefficient (Wildman–Crippen LogP) is 15.1. The van der Waals surface area contributed by atoms with Gasteiger partial charge in [-0.25, -0.2) is 0 Å². The van der Waals surface area contributed by atoms with Crippen molar-refractivity contribution in [2.45, 2.75) is 283 Å². The van der Waals surface area contributed by atoms with Crippen LogP contribution in [-0.2, 0) is 14.3 Å². The number of unbranched alkanes of at least 4 members (excludes halogenated alkanes) is 34. The fourth-order valence-corrected chi connectivity index (χ4v) is 7.74. The smallest absolute Gasteiger partial charge is 0.305 e. The van der Waals surface area contributed by atoms with Gasteiger partial charge in [0.2, 0.25) is 5.91 Å². The summed E-state index contributed by atoms with van der Waals surface area (Å²) in [5, 5.41) is 23.0. The van der Waals surface area contributed by atoms with E-state index in [2.05, 4.69) is 31.3 Å². The Morgan fingerprint density at radius 2 is 0.810 bits per heavy atom. The zero-order chi connectivity index (χ0) is 42.3. The minimum Gasteiger partial charge on any atom is -0.466 e. The highest BCUT2D eigenvalue weighted by Gasteiger charge is 2.18. The zero-order valence-electron chi connectivity index (χ0n) is 38.8. The number of carbonyl (C=O) groups excluding carboxylic acids is 2. The monoisotopic (exact) mass is 818 g/mol. The van der Waals surface area contributed by atoms with Gasteiger partial charge in [-0.1, -0.05) is 224 Å². The molecule has 3 N–H and O–H groups in total. The topological polar surface area (TPSA) is 95.9 Å². The molecule has 342 valence electrons. The molecule has 0 radical (unpaired) electrons. The molecule has 2 atom stereocenters. The van der Waals surface area contributed by atoms with Gasteiger partial charge in [-0.05, 0) is 57.8 Å². The summed E-state index contributed by atoms with van der Waals surface area (Å²) in [6.45, 7) is 4.85. The SMILES string of the molecule is CCCCCCCC/C=C\CCCCCCCCCC(=O)OCCCCCCCCCCCCCC(=O)NC(CO)C(O)/C=C/CCCCCCCCCCCCC. The van der Waals surface area contributed by atoms with Crippen LogP contribution < -0.4 is 5.32 Å². The molecular formula is C52H99NO5. The summed E-state index contributed by atoms with van der Waals surface area (Å²) in [7, 11) is 0. The van der Waals surface area contributed by atoms with E-state index in [-0.39, 0.29) is 18.5 Å². The summed E-state index contributed by atoms with van der Waals surface area (Å²) in [6.07, 6.45) is 56.0. The highest BCUT2D eigenvalue weighted by molar-refractivity contribution is 5.76. The fraction of sp³-hybridized carbons (Fsp3) is 0.885. The van der Waals surface area contributed by atoms with Gasteiger partial charge < -0.3 is 20.3 Å². The summed E-state index contributed by atoms with van der Waals surface area (Å²) in [6, 6.07) is -0.641. The maximum Gasteiger partial charge on any atom is 0.305 e. The molecule has 2 unspecified atom stereocenters. The van der Waals surface area contributed by atoms with Crippen molar-refractivity contribution in [3.8, 4) is 0 Å².